The van der Waals surface area contributed by atoms with Gasteiger partial charge in [-0.1, -0.05) is 153 Å². The molecule has 0 atom stereocenters. The molecule has 2 aromatic heterocycles. The van der Waals surface area contributed by atoms with E-state index in [0.717, 1.165) is 72.9 Å². The Labute approximate surface area is 389 Å². The molecule has 0 N–H and O–H groups in total. The first-order valence-electron chi connectivity index (χ1n) is 23.1. The number of nitrogens with zero attached hydrogens (tertiary/aromatic N) is 3. The van der Waals surface area contributed by atoms with E-state index >= 15 is 0 Å². The zero-order chi connectivity index (χ0) is 44.6. The number of hydrogen-bond donors (Lipinski definition) is 0. The molecule has 0 fully saturated rings. The van der Waals surface area contributed by atoms with Gasteiger partial charge in [0.2, 0.25) is 0 Å². The summed E-state index contributed by atoms with van der Waals surface area (Å²) in [5.74, 6) is 0. The summed E-state index contributed by atoms with van der Waals surface area (Å²) in [5, 5.41) is 4.60. The van der Waals surface area contributed by atoms with Crippen molar-refractivity contribution in [3.63, 3.8) is 0 Å². The van der Waals surface area contributed by atoms with E-state index in [4.69, 9.17) is 4.42 Å². The molecule has 0 aliphatic heterocycles. The number of anilines is 6. The van der Waals surface area contributed by atoms with E-state index in [2.05, 4.69) is 259 Å². The molecule has 1 aliphatic rings. The van der Waals surface area contributed by atoms with Crippen LogP contribution in [0.4, 0.5) is 34.1 Å². The summed E-state index contributed by atoms with van der Waals surface area (Å²) < 4.78 is 9.18. The van der Waals surface area contributed by atoms with E-state index in [-0.39, 0.29) is 5.41 Å². The topological polar surface area (TPSA) is 24.6 Å². The first-order valence-corrected chi connectivity index (χ1v) is 23.1. The zero-order valence-electron chi connectivity index (χ0n) is 37.3. The predicted molar refractivity (Wildman–Crippen MR) is 280 cm³/mol. The normalized spacial score (nSPS) is 12.7. The number of furan rings is 1. The van der Waals surface area contributed by atoms with Crippen LogP contribution >= 0.6 is 0 Å². The summed E-state index contributed by atoms with van der Waals surface area (Å²) in [4.78, 5) is 4.79. The maximum atomic E-state index is 6.80. The Morgan fingerprint density at radius 2 is 0.985 bits per heavy atom. The summed E-state index contributed by atoms with van der Waals surface area (Å²) in [5.41, 5.74) is 18.8. The van der Waals surface area contributed by atoms with Crippen molar-refractivity contribution in [1.82, 2.24) is 4.57 Å². The van der Waals surface area contributed by atoms with Crippen molar-refractivity contribution < 1.29 is 4.42 Å². The van der Waals surface area contributed by atoms with Crippen molar-refractivity contribution in [1.29, 1.82) is 0 Å². The Balaban J connectivity index is 1.08. The Morgan fingerprint density at radius 3 is 1.78 bits per heavy atom. The minimum absolute atomic E-state index is 0.166. The molecule has 2 heterocycles. The van der Waals surface area contributed by atoms with E-state index in [1.54, 1.807) is 0 Å². The van der Waals surface area contributed by atoms with Gasteiger partial charge in [-0.3, -0.25) is 0 Å². The van der Waals surface area contributed by atoms with Gasteiger partial charge in [-0.25, -0.2) is 0 Å². The lowest BCUT2D eigenvalue weighted by Gasteiger charge is -2.31. The van der Waals surface area contributed by atoms with Crippen molar-refractivity contribution in [3.8, 4) is 27.9 Å². The molecule has 0 bridgehead atoms. The van der Waals surface area contributed by atoms with Gasteiger partial charge in [0, 0.05) is 61.1 Å². The molecule has 0 saturated carbocycles. The molecule has 0 unspecified atom stereocenters. The fourth-order valence-corrected chi connectivity index (χ4v) is 10.8. The summed E-state index contributed by atoms with van der Waals surface area (Å²) >= 11 is 0. The molecule has 1 aliphatic carbocycles. The Kier molecular flexibility index (Phi) is 8.84. The fraction of sp³-hybridized carbons (Fsp3) is 0.0476. The molecular formula is C63H45N3O. The van der Waals surface area contributed by atoms with Crippen LogP contribution < -0.4 is 9.80 Å². The number of para-hydroxylation sites is 6. The summed E-state index contributed by atoms with van der Waals surface area (Å²) in [7, 11) is 0. The number of fused-ring (bicyclic) bond motifs is 9. The molecule has 318 valence electrons. The highest BCUT2D eigenvalue weighted by Gasteiger charge is 2.36. The largest absolute Gasteiger partial charge is 0.454 e. The van der Waals surface area contributed by atoms with Crippen molar-refractivity contribution >= 4 is 77.9 Å². The summed E-state index contributed by atoms with van der Waals surface area (Å²) in [6.45, 7) is 4.71. The highest BCUT2D eigenvalue weighted by molar-refractivity contribution is 6.12. The van der Waals surface area contributed by atoms with Gasteiger partial charge in [-0.2, -0.15) is 0 Å². The fourth-order valence-electron chi connectivity index (χ4n) is 10.8. The lowest BCUT2D eigenvalue weighted by atomic mass is 9.82. The second-order valence-corrected chi connectivity index (χ2v) is 18.2. The van der Waals surface area contributed by atoms with E-state index in [1.807, 2.05) is 6.07 Å². The van der Waals surface area contributed by atoms with Crippen LogP contribution in [-0.4, -0.2) is 4.57 Å². The molecule has 13 rings (SSSR count). The van der Waals surface area contributed by atoms with Crippen LogP contribution in [0.1, 0.15) is 25.0 Å². The van der Waals surface area contributed by atoms with Crippen molar-refractivity contribution in [3.05, 3.63) is 248 Å². The molecule has 0 amide bonds. The standard InChI is InChI=1S/C63H45N3O/c1-63(2)56-29-15-12-25-50(56)51-35-34-47(41-57(51)63)64(44-19-6-3-7-20-44)48-37-43(42-33-36-59-55(39-42)52-26-13-16-30-58(52)66(59)46-23-10-5-11-24-46)38-49(40-48)65(45-21-8-4-9-22-45)60-31-18-28-54-53-27-14-17-32-61(53)67-62(54)60/h3-41H,1-2H3. The van der Waals surface area contributed by atoms with Gasteiger partial charge in [-0.05, 0) is 130 Å². The molecular weight excluding hydrogens is 815 g/mol. The first-order chi connectivity index (χ1) is 33.0. The number of hydrogen-bond acceptors (Lipinski definition) is 3. The van der Waals surface area contributed by atoms with Crippen LogP contribution in [0, 0.1) is 0 Å². The molecule has 0 radical (unpaired) electrons. The average Bonchev–Trinajstić information content (AvgIpc) is 4.00. The number of benzene rings is 10. The highest BCUT2D eigenvalue weighted by atomic mass is 16.3. The van der Waals surface area contributed by atoms with Gasteiger partial charge in [0.1, 0.15) is 5.58 Å². The molecule has 0 saturated heterocycles. The van der Waals surface area contributed by atoms with E-state index < -0.39 is 0 Å². The lowest BCUT2D eigenvalue weighted by Crippen LogP contribution is -2.17. The molecule has 4 heteroatoms. The van der Waals surface area contributed by atoms with Crippen LogP contribution in [-0.2, 0) is 5.41 Å². The maximum absolute atomic E-state index is 6.80. The summed E-state index contributed by atoms with van der Waals surface area (Å²) in [6, 6.07) is 85.7. The quantitative estimate of drug-likeness (QED) is 0.152. The van der Waals surface area contributed by atoms with Gasteiger partial charge in [0.05, 0.1) is 16.7 Å². The van der Waals surface area contributed by atoms with Crippen LogP contribution in [0.15, 0.2) is 241 Å². The smallest absolute Gasteiger partial charge is 0.159 e. The Bertz CT molecular complexity index is 3850. The minimum Gasteiger partial charge on any atom is -0.454 e. The highest BCUT2D eigenvalue weighted by Crippen LogP contribution is 2.52. The van der Waals surface area contributed by atoms with Crippen molar-refractivity contribution in [2.75, 3.05) is 9.80 Å². The minimum atomic E-state index is -0.166. The second kappa shape index (κ2) is 15.3. The Morgan fingerprint density at radius 1 is 0.373 bits per heavy atom. The van der Waals surface area contributed by atoms with Crippen LogP contribution in [0.2, 0.25) is 0 Å². The number of aromatic nitrogens is 1. The second-order valence-electron chi connectivity index (χ2n) is 18.2. The van der Waals surface area contributed by atoms with Crippen molar-refractivity contribution in [2.24, 2.45) is 0 Å². The molecule has 10 aromatic carbocycles. The number of rotatable bonds is 8. The van der Waals surface area contributed by atoms with Crippen LogP contribution in [0.25, 0.3) is 71.7 Å². The van der Waals surface area contributed by atoms with Gasteiger partial charge < -0.3 is 18.8 Å². The monoisotopic (exact) mass is 859 g/mol. The predicted octanol–water partition coefficient (Wildman–Crippen LogP) is 17.6. The molecule has 12 aromatic rings. The maximum Gasteiger partial charge on any atom is 0.159 e. The summed E-state index contributed by atoms with van der Waals surface area (Å²) in [6.07, 6.45) is 0. The third-order valence-electron chi connectivity index (χ3n) is 13.9. The van der Waals surface area contributed by atoms with Gasteiger partial charge in [0.15, 0.2) is 5.58 Å². The van der Waals surface area contributed by atoms with Crippen molar-refractivity contribution in [2.45, 2.75) is 19.3 Å². The van der Waals surface area contributed by atoms with E-state index in [1.165, 1.54) is 44.1 Å². The molecule has 0 spiro atoms. The third kappa shape index (κ3) is 6.21. The molecule has 4 nitrogen and oxygen atoms in total. The van der Waals surface area contributed by atoms with Crippen LogP contribution in [0.3, 0.4) is 0 Å². The Hall–Kier alpha value is -8.60. The van der Waals surface area contributed by atoms with Gasteiger partial charge in [-0.15, -0.1) is 0 Å². The zero-order valence-corrected chi connectivity index (χ0v) is 37.3. The van der Waals surface area contributed by atoms with Gasteiger partial charge in [0.25, 0.3) is 0 Å². The van der Waals surface area contributed by atoms with E-state index in [9.17, 15) is 0 Å². The SMILES string of the molecule is CC1(C)c2ccccc2-c2ccc(N(c3ccccc3)c3cc(-c4ccc5c(c4)c4ccccc4n5-c4ccccc4)cc(N(c4ccccc4)c4cccc5c4oc4ccccc45)c3)cc21. The average molecular weight is 860 g/mol. The molecule has 67 heavy (non-hydrogen) atoms. The lowest BCUT2D eigenvalue weighted by molar-refractivity contribution is 0.660. The van der Waals surface area contributed by atoms with Crippen LogP contribution in [0.5, 0.6) is 0 Å². The first kappa shape index (κ1) is 38.8. The van der Waals surface area contributed by atoms with Gasteiger partial charge >= 0.3 is 0 Å². The van der Waals surface area contributed by atoms with E-state index in [0.29, 0.717) is 0 Å². The third-order valence-corrected chi connectivity index (χ3v) is 13.9.